The zero-order valence-corrected chi connectivity index (χ0v) is 23.7. The summed E-state index contributed by atoms with van der Waals surface area (Å²) < 4.78 is 0. The van der Waals surface area contributed by atoms with Crippen LogP contribution < -0.4 is 0 Å². The Hall–Kier alpha value is -2.13. The van der Waals surface area contributed by atoms with Crippen LogP contribution in [-0.2, 0) is 0 Å². The third-order valence-electron chi connectivity index (χ3n) is 7.86. The molecule has 2 saturated carbocycles. The molecule has 1 N–H and O–H groups in total. The quantitative estimate of drug-likeness (QED) is 0.318. The maximum atomic E-state index is 12.0. The number of carboxylic acids is 1. The van der Waals surface area contributed by atoms with Gasteiger partial charge >= 0.3 is 5.97 Å². The summed E-state index contributed by atoms with van der Waals surface area (Å²) in [5.74, 6) is 7.73. The third kappa shape index (κ3) is 7.93. The summed E-state index contributed by atoms with van der Waals surface area (Å²) in [6.07, 6.45) is 12.9. The molecule has 198 valence electrons. The van der Waals surface area contributed by atoms with Gasteiger partial charge in [-0.05, 0) is 69.4 Å². The minimum atomic E-state index is -0.936. The van der Waals surface area contributed by atoms with Crippen molar-refractivity contribution in [1.29, 1.82) is 0 Å². The van der Waals surface area contributed by atoms with Crippen molar-refractivity contribution in [2.75, 3.05) is 13.1 Å². The van der Waals surface area contributed by atoms with Crippen LogP contribution in [-0.4, -0.2) is 29.2 Å². The lowest BCUT2D eigenvalue weighted by Gasteiger charge is -2.34. The van der Waals surface area contributed by atoms with Crippen molar-refractivity contribution in [3.63, 3.8) is 0 Å². The minimum absolute atomic E-state index is 0.153. The summed E-state index contributed by atoms with van der Waals surface area (Å²) in [4.78, 5) is 24.3. The summed E-state index contributed by atoms with van der Waals surface area (Å²) in [7, 11) is 0. The van der Waals surface area contributed by atoms with Gasteiger partial charge in [0.1, 0.15) is 4.88 Å². The van der Waals surface area contributed by atoms with Crippen LogP contribution in [0.4, 0.5) is 0 Å². The van der Waals surface area contributed by atoms with Crippen molar-refractivity contribution in [3.8, 4) is 11.8 Å². The predicted molar refractivity (Wildman–Crippen MR) is 150 cm³/mol. The molecule has 5 nitrogen and oxygen atoms in total. The fraction of sp³-hybridized carbons (Fsp3) is 0.700. The van der Waals surface area contributed by atoms with Crippen LogP contribution in [0.2, 0.25) is 0 Å². The molecule has 1 aromatic heterocycles. The Morgan fingerprint density at radius 2 is 1.83 bits per heavy atom. The molecule has 0 aromatic carbocycles. The van der Waals surface area contributed by atoms with Crippen molar-refractivity contribution >= 4 is 22.9 Å². The number of carbonyl (C=O) groups is 1. The Bertz CT molecular complexity index is 994. The van der Waals surface area contributed by atoms with Gasteiger partial charge in [-0.25, -0.2) is 4.79 Å². The number of nitrogens with zero attached hydrogens (tertiary/aromatic N) is 2. The summed E-state index contributed by atoms with van der Waals surface area (Å²) in [6, 6.07) is 1.90. The topological polar surface area (TPSA) is 70.0 Å². The Kier molecular flexibility index (Phi) is 10.2. The molecular weight excluding hydrogens is 468 g/mol. The molecule has 0 bridgehead atoms. The number of rotatable bonds is 5. The van der Waals surface area contributed by atoms with Crippen LogP contribution in [0.5, 0.6) is 0 Å². The van der Waals surface area contributed by atoms with E-state index in [1.54, 1.807) is 0 Å². The van der Waals surface area contributed by atoms with Gasteiger partial charge in [0.25, 0.3) is 0 Å². The lowest BCUT2D eigenvalue weighted by Crippen LogP contribution is -2.29. The average Bonchev–Trinajstić information content (AvgIpc) is 3.53. The molecule has 0 unspecified atom stereocenters. The third-order valence-corrected chi connectivity index (χ3v) is 8.89. The van der Waals surface area contributed by atoms with Crippen molar-refractivity contribution in [3.05, 3.63) is 31.9 Å². The normalized spacial score (nSPS) is 23.0. The zero-order chi connectivity index (χ0) is 26.3. The summed E-state index contributed by atoms with van der Waals surface area (Å²) in [5.41, 5.74) is 2.88. The van der Waals surface area contributed by atoms with Crippen molar-refractivity contribution < 1.29 is 9.90 Å². The number of hydrogen-bond donors (Lipinski definition) is 1. The second-order valence-electron chi connectivity index (χ2n) is 11.9. The Balaban J connectivity index is 0.000000444. The molecule has 0 radical (unpaired) electrons. The Morgan fingerprint density at radius 1 is 1.17 bits per heavy atom. The second-order valence-corrected chi connectivity index (χ2v) is 12.9. The van der Waals surface area contributed by atoms with Gasteiger partial charge in [-0.1, -0.05) is 76.2 Å². The number of carboxylic acid groups (broad SMARTS) is 1. The minimum Gasteiger partial charge on any atom is -0.477 e. The zero-order valence-electron chi connectivity index (χ0n) is 22.9. The van der Waals surface area contributed by atoms with Crippen molar-refractivity contribution in [1.82, 2.24) is 5.01 Å². The lowest BCUT2D eigenvalue weighted by atomic mass is 9.75. The average molecular weight is 513 g/mol. The molecule has 0 saturated heterocycles. The smallest absolute Gasteiger partial charge is 0.346 e. The first-order valence-corrected chi connectivity index (χ1v) is 14.6. The highest BCUT2D eigenvalue weighted by atomic mass is 32.1. The molecule has 4 rings (SSSR count). The van der Waals surface area contributed by atoms with E-state index in [0.29, 0.717) is 23.9 Å². The number of hydrogen-bond acceptors (Lipinski definition) is 4. The first-order chi connectivity index (χ1) is 17.1. The van der Waals surface area contributed by atoms with Gasteiger partial charge in [-0.2, -0.15) is 0 Å². The standard InChI is InChI=1S/C23H30N2O3S.C7H14/c1-15-5-7-16(8-6-15)18-10-12-25(24-28)14-20(18)19-13-17(9-11-23(2,3)4)29-21(19)22(26)27;1-2-7-5-3-4-6-7/h13,15-16H,5-8,10,12,14H2,1-4H3,(H,26,27);7H,2-6H2,1H3. The van der Waals surface area contributed by atoms with Gasteiger partial charge in [0.15, 0.2) is 0 Å². The van der Waals surface area contributed by atoms with E-state index in [9.17, 15) is 14.8 Å². The molecule has 1 aromatic rings. The molecule has 0 spiro atoms. The fourth-order valence-electron chi connectivity index (χ4n) is 5.65. The SMILES string of the molecule is CC1CCC(C2=C(c3cc(C#CC(C)(C)C)sc3C(=O)O)CN(N=O)CC2)CC1.CCC1CCCC1. The van der Waals surface area contributed by atoms with E-state index in [1.807, 2.05) is 26.8 Å². The van der Waals surface area contributed by atoms with E-state index in [0.717, 1.165) is 47.1 Å². The molecule has 2 fully saturated rings. The largest absolute Gasteiger partial charge is 0.477 e. The molecule has 0 amide bonds. The highest BCUT2D eigenvalue weighted by Gasteiger charge is 2.31. The fourth-order valence-corrected chi connectivity index (χ4v) is 6.53. The molecule has 6 heteroatoms. The highest BCUT2D eigenvalue weighted by Crippen LogP contribution is 2.42. The monoisotopic (exact) mass is 512 g/mol. The number of thiophene rings is 1. The molecule has 1 aliphatic heterocycles. The van der Waals surface area contributed by atoms with Crippen LogP contribution in [0.15, 0.2) is 16.9 Å². The van der Waals surface area contributed by atoms with Crippen LogP contribution in [0.3, 0.4) is 0 Å². The van der Waals surface area contributed by atoms with Crippen molar-refractivity contribution in [2.24, 2.45) is 28.5 Å². The number of nitroso groups, excluding NO2 is 1. The van der Waals surface area contributed by atoms with E-state index in [2.05, 4.69) is 31.0 Å². The van der Waals surface area contributed by atoms with E-state index in [4.69, 9.17) is 0 Å². The maximum Gasteiger partial charge on any atom is 0.346 e. The van der Waals surface area contributed by atoms with E-state index in [-0.39, 0.29) is 5.41 Å². The molecule has 3 aliphatic rings. The van der Waals surface area contributed by atoms with Crippen molar-refractivity contribution in [2.45, 2.75) is 98.8 Å². The summed E-state index contributed by atoms with van der Waals surface area (Å²) in [6.45, 7) is 11.7. The molecule has 0 atom stereocenters. The Labute approximate surface area is 221 Å². The van der Waals surface area contributed by atoms with Gasteiger partial charge in [0.2, 0.25) is 0 Å². The highest BCUT2D eigenvalue weighted by molar-refractivity contribution is 7.14. The number of aromatic carboxylic acids is 1. The molecule has 36 heavy (non-hydrogen) atoms. The summed E-state index contributed by atoms with van der Waals surface area (Å²) in [5, 5.41) is 14.5. The predicted octanol–water partition coefficient (Wildman–Crippen LogP) is 8.40. The van der Waals surface area contributed by atoms with Crippen LogP contribution in [0.1, 0.15) is 119 Å². The van der Waals surface area contributed by atoms with Gasteiger partial charge < -0.3 is 5.11 Å². The first-order valence-electron chi connectivity index (χ1n) is 13.8. The van der Waals surface area contributed by atoms with E-state index < -0.39 is 5.97 Å². The molecule has 2 aliphatic carbocycles. The Morgan fingerprint density at radius 3 is 2.36 bits per heavy atom. The van der Waals surface area contributed by atoms with Gasteiger partial charge in [-0.3, -0.25) is 5.01 Å². The molecular formula is C30H44N2O3S. The van der Waals surface area contributed by atoms with Crippen LogP contribution >= 0.6 is 11.3 Å². The maximum absolute atomic E-state index is 12.0. The van der Waals surface area contributed by atoms with Crippen LogP contribution in [0, 0.1) is 39.9 Å². The van der Waals surface area contributed by atoms with Crippen LogP contribution in [0.25, 0.3) is 5.57 Å². The van der Waals surface area contributed by atoms with Gasteiger partial charge in [-0.15, -0.1) is 16.2 Å². The van der Waals surface area contributed by atoms with Gasteiger partial charge in [0.05, 0.1) is 16.7 Å². The van der Waals surface area contributed by atoms with E-state index in [1.165, 1.54) is 66.9 Å². The van der Waals surface area contributed by atoms with Gasteiger partial charge in [0, 0.05) is 17.5 Å². The molecule has 2 heterocycles. The summed E-state index contributed by atoms with van der Waals surface area (Å²) >= 11 is 1.23. The lowest BCUT2D eigenvalue weighted by molar-refractivity contribution is 0.0701. The second kappa shape index (κ2) is 12.9. The van der Waals surface area contributed by atoms with E-state index >= 15 is 0 Å². The first kappa shape index (κ1) is 28.4.